The monoisotopic (exact) mass is 311 g/mol. The maximum Gasteiger partial charge on any atom is 0.204 e. The zero-order chi connectivity index (χ0) is 15.4. The van der Waals surface area contributed by atoms with E-state index in [0.717, 1.165) is 33.2 Å². The Kier molecular flexibility index (Phi) is 4.34. The minimum atomic E-state index is 0.794. The fraction of sp³-hybridized carbons (Fsp3) is 0.176. The number of methoxy groups -OCH3 is 1. The molecule has 4 nitrogen and oxygen atoms in total. The molecule has 1 aromatic heterocycles. The van der Waals surface area contributed by atoms with E-state index in [4.69, 9.17) is 4.74 Å². The van der Waals surface area contributed by atoms with E-state index in [9.17, 15) is 0 Å². The van der Waals surface area contributed by atoms with Gasteiger partial charge in [-0.2, -0.15) is 5.10 Å². The predicted molar refractivity (Wildman–Crippen MR) is 93.0 cm³/mol. The van der Waals surface area contributed by atoms with Crippen molar-refractivity contribution in [2.24, 2.45) is 5.10 Å². The van der Waals surface area contributed by atoms with E-state index >= 15 is 0 Å². The lowest BCUT2D eigenvalue weighted by Gasteiger charge is -2.03. The summed E-state index contributed by atoms with van der Waals surface area (Å²) in [6.45, 7) is 2.00. The first-order valence-corrected chi connectivity index (χ1v) is 7.84. The van der Waals surface area contributed by atoms with Crippen LogP contribution in [0.4, 0.5) is 5.13 Å². The van der Waals surface area contributed by atoms with Crippen LogP contribution in [-0.2, 0) is 6.42 Å². The second-order valence-corrected chi connectivity index (χ2v) is 6.00. The summed E-state index contributed by atoms with van der Waals surface area (Å²) >= 11 is 1.60. The summed E-state index contributed by atoms with van der Waals surface area (Å²) in [5.74, 6) is 0.867. The lowest BCUT2D eigenvalue weighted by atomic mass is 10.1. The Hall–Kier alpha value is -2.40. The molecule has 0 aliphatic rings. The van der Waals surface area contributed by atoms with Crippen LogP contribution in [0.3, 0.4) is 0 Å². The standard InChI is InChI=1S/C17H17N3OS/c1-12(11-13-7-9-14(21-2)10-8-13)19-20-17-18-15-5-3-4-6-16(15)22-17/h3-10H,11H2,1-2H3,(H,18,20)/b19-12-. The molecular formula is C17H17N3OS. The summed E-state index contributed by atoms with van der Waals surface area (Å²) in [6, 6.07) is 16.1. The van der Waals surface area contributed by atoms with Crippen LogP contribution in [0, 0.1) is 0 Å². The third-order valence-corrected chi connectivity index (χ3v) is 4.20. The van der Waals surface area contributed by atoms with Crippen LogP contribution in [0.1, 0.15) is 12.5 Å². The second-order valence-electron chi connectivity index (χ2n) is 4.97. The SMILES string of the molecule is COc1ccc(C/C(C)=N\Nc2nc3ccccc3s2)cc1. The number of hydrogen-bond acceptors (Lipinski definition) is 5. The number of ether oxygens (including phenoxy) is 1. The number of aromatic nitrogens is 1. The molecule has 0 saturated carbocycles. The van der Waals surface area contributed by atoms with Crippen LogP contribution < -0.4 is 10.2 Å². The van der Waals surface area contributed by atoms with Gasteiger partial charge in [0.05, 0.1) is 17.3 Å². The van der Waals surface area contributed by atoms with Gasteiger partial charge >= 0.3 is 0 Å². The second kappa shape index (κ2) is 6.58. The van der Waals surface area contributed by atoms with Crippen molar-refractivity contribution in [3.8, 4) is 5.75 Å². The summed E-state index contributed by atoms with van der Waals surface area (Å²) in [5, 5.41) is 5.23. The van der Waals surface area contributed by atoms with Crippen molar-refractivity contribution in [3.05, 3.63) is 54.1 Å². The molecule has 1 heterocycles. The number of nitrogens with zero attached hydrogens (tertiary/aromatic N) is 2. The van der Waals surface area contributed by atoms with Gasteiger partial charge in [-0.3, -0.25) is 5.43 Å². The lowest BCUT2D eigenvalue weighted by molar-refractivity contribution is 0.414. The molecule has 0 bridgehead atoms. The highest BCUT2D eigenvalue weighted by atomic mass is 32.1. The van der Waals surface area contributed by atoms with E-state index in [2.05, 4.69) is 33.7 Å². The Morgan fingerprint density at radius 2 is 1.95 bits per heavy atom. The van der Waals surface area contributed by atoms with Gasteiger partial charge in [0.15, 0.2) is 0 Å². The molecule has 0 atom stereocenters. The van der Waals surface area contributed by atoms with Crippen LogP contribution in [0.15, 0.2) is 53.6 Å². The summed E-state index contributed by atoms with van der Waals surface area (Å²) < 4.78 is 6.32. The Bertz CT molecular complexity index is 760. The molecule has 5 heteroatoms. The normalized spacial score (nSPS) is 11.6. The van der Waals surface area contributed by atoms with Crippen molar-refractivity contribution >= 4 is 32.4 Å². The summed E-state index contributed by atoms with van der Waals surface area (Å²) in [5.41, 5.74) is 6.25. The first kappa shape index (κ1) is 14.5. The fourth-order valence-electron chi connectivity index (χ4n) is 2.14. The number of benzene rings is 2. The van der Waals surface area contributed by atoms with Crippen molar-refractivity contribution < 1.29 is 4.74 Å². The van der Waals surface area contributed by atoms with Crippen molar-refractivity contribution in [1.29, 1.82) is 0 Å². The summed E-state index contributed by atoms with van der Waals surface area (Å²) in [6.07, 6.45) is 0.794. The van der Waals surface area contributed by atoms with Crippen LogP contribution in [-0.4, -0.2) is 17.8 Å². The molecule has 0 aliphatic carbocycles. The maximum absolute atomic E-state index is 5.16. The Morgan fingerprint density at radius 1 is 1.18 bits per heavy atom. The summed E-state index contributed by atoms with van der Waals surface area (Å²) in [7, 11) is 1.67. The minimum absolute atomic E-state index is 0.794. The molecule has 3 aromatic rings. The van der Waals surface area contributed by atoms with Crippen molar-refractivity contribution in [2.75, 3.05) is 12.5 Å². The Balaban J connectivity index is 1.66. The van der Waals surface area contributed by atoms with Crippen LogP contribution in [0.25, 0.3) is 10.2 Å². The smallest absolute Gasteiger partial charge is 0.204 e. The van der Waals surface area contributed by atoms with Crippen molar-refractivity contribution in [2.45, 2.75) is 13.3 Å². The molecule has 1 N–H and O–H groups in total. The maximum atomic E-state index is 5.16. The molecule has 3 rings (SSSR count). The van der Waals surface area contributed by atoms with Gasteiger partial charge in [0.1, 0.15) is 5.75 Å². The van der Waals surface area contributed by atoms with Gasteiger partial charge in [0.2, 0.25) is 5.13 Å². The average Bonchev–Trinajstić information content (AvgIpc) is 2.96. The largest absolute Gasteiger partial charge is 0.497 e. The third kappa shape index (κ3) is 3.43. The number of fused-ring (bicyclic) bond motifs is 1. The van der Waals surface area contributed by atoms with Gasteiger partial charge in [0, 0.05) is 12.1 Å². The van der Waals surface area contributed by atoms with Gasteiger partial charge in [-0.1, -0.05) is 35.6 Å². The molecule has 0 spiro atoms. The number of anilines is 1. The molecule has 0 fully saturated rings. The number of thiazole rings is 1. The molecule has 22 heavy (non-hydrogen) atoms. The van der Waals surface area contributed by atoms with Gasteiger partial charge in [-0.25, -0.2) is 4.98 Å². The number of hydrazone groups is 1. The zero-order valence-corrected chi connectivity index (χ0v) is 13.4. The van der Waals surface area contributed by atoms with E-state index in [1.807, 2.05) is 37.3 Å². The van der Waals surface area contributed by atoms with Gasteiger partial charge in [-0.15, -0.1) is 0 Å². The molecule has 112 valence electrons. The number of rotatable bonds is 5. The Morgan fingerprint density at radius 3 is 2.68 bits per heavy atom. The molecule has 0 saturated heterocycles. The molecule has 0 unspecified atom stereocenters. The quantitative estimate of drug-likeness (QED) is 0.563. The highest BCUT2D eigenvalue weighted by Crippen LogP contribution is 2.25. The number of para-hydroxylation sites is 1. The van der Waals surface area contributed by atoms with E-state index < -0.39 is 0 Å². The molecular weight excluding hydrogens is 294 g/mol. The van der Waals surface area contributed by atoms with E-state index in [1.54, 1.807) is 18.4 Å². The van der Waals surface area contributed by atoms with Crippen molar-refractivity contribution in [3.63, 3.8) is 0 Å². The van der Waals surface area contributed by atoms with Crippen LogP contribution in [0.5, 0.6) is 5.75 Å². The van der Waals surface area contributed by atoms with E-state index in [0.29, 0.717) is 0 Å². The average molecular weight is 311 g/mol. The highest BCUT2D eigenvalue weighted by Gasteiger charge is 2.02. The van der Waals surface area contributed by atoms with E-state index in [1.165, 1.54) is 5.56 Å². The topological polar surface area (TPSA) is 46.5 Å². The van der Waals surface area contributed by atoms with Gasteiger partial charge < -0.3 is 4.74 Å². The molecule has 2 aromatic carbocycles. The van der Waals surface area contributed by atoms with Gasteiger partial charge in [-0.05, 0) is 36.8 Å². The third-order valence-electron chi connectivity index (χ3n) is 3.26. The first-order chi connectivity index (χ1) is 10.7. The van der Waals surface area contributed by atoms with E-state index in [-0.39, 0.29) is 0 Å². The van der Waals surface area contributed by atoms with Crippen molar-refractivity contribution in [1.82, 2.24) is 4.98 Å². The summed E-state index contributed by atoms with van der Waals surface area (Å²) in [4.78, 5) is 4.50. The number of hydrogen-bond donors (Lipinski definition) is 1. The molecule has 0 aliphatic heterocycles. The molecule has 0 amide bonds. The fourth-order valence-corrected chi connectivity index (χ4v) is 2.95. The first-order valence-electron chi connectivity index (χ1n) is 7.02. The number of nitrogens with one attached hydrogen (secondary N) is 1. The Labute approximate surface area is 133 Å². The zero-order valence-electron chi connectivity index (χ0n) is 12.5. The lowest BCUT2D eigenvalue weighted by Crippen LogP contribution is -2.01. The molecule has 0 radical (unpaired) electrons. The van der Waals surface area contributed by atoms with Crippen LogP contribution in [0.2, 0.25) is 0 Å². The van der Waals surface area contributed by atoms with Crippen LogP contribution >= 0.6 is 11.3 Å². The predicted octanol–water partition coefficient (Wildman–Crippen LogP) is 4.34. The van der Waals surface area contributed by atoms with Gasteiger partial charge in [0.25, 0.3) is 0 Å². The minimum Gasteiger partial charge on any atom is -0.497 e. The highest BCUT2D eigenvalue weighted by molar-refractivity contribution is 7.22.